The highest BCUT2D eigenvalue weighted by Gasteiger charge is 2.34. The van der Waals surface area contributed by atoms with Gasteiger partial charge in [0.1, 0.15) is 6.04 Å². The fourth-order valence-electron chi connectivity index (χ4n) is 3.32. The Kier molecular flexibility index (Phi) is 6.16. The third-order valence-electron chi connectivity index (χ3n) is 4.86. The van der Waals surface area contributed by atoms with Crippen LogP contribution in [0.3, 0.4) is 0 Å². The van der Waals surface area contributed by atoms with Gasteiger partial charge in [-0.15, -0.1) is 0 Å². The van der Waals surface area contributed by atoms with Gasteiger partial charge in [-0.05, 0) is 30.5 Å². The second-order valence-electron chi connectivity index (χ2n) is 6.92. The van der Waals surface area contributed by atoms with E-state index >= 15 is 0 Å². The highest BCUT2D eigenvalue weighted by Crippen LogP contribution is 2.39. The number of benzene rings is 2. The summed E-state index contributed by atoms with van der Waals surface area (Å²) >= 11 is 0. The van der Waals surface area contributed by atoms with Crippen LogP contribution in [0.15, 0.2) is 48.5 Å². The quantitative estimate of drug-likeness (QED) is 0.815. The number of carbonyl (C=O) groups excluding carboxylic acids is 3. The van der Waals surface area contributed by atoms with E-state index in [1.165, 1.54) is 6.92 Å². The maximum atomic E-state index is 13.2. The first-order valence-electron chi connectivity index (χ1n) is 9.64. The first-order valence-corrected chi connectivity index (χ1v) is 9.64. The Morgan fingerprint density at radius 1 is 1.10 bits per heavy atom. The van der Waals surface area contributed by atoms with Gasteiger partial charge in [0.25, 0.3) is 11.8 Å². The predicted molar refractivity (Wildman–Crippen MR) is 110 cm³/mol. The fraction of sp³-hybridized carbons (Fsp3) is 0.318. The van der Waals surface area contributed by atoms with Crippen molar-refractivity contribution in [1.82, 2.24) is 10.6 Å². The zero-order valence-corrected chi connectivity index (χ0v) is 16.8. The third-order valence-corrected chi connectivity index (χ3v) is 4.86. The fourth-order valence-corrected chi connectivity index (χ4v) is 3.32. The molecule has 0 saturated heterocycles. The number of hydrogen-bond acceptors (Lipinski definition) is 4. The van der Waals surface area contributed by atoms with E-state index in [2.05, 4.69) is 10.6 Å². The number of amides is 3. The molecule has 0 fully saturated rings. The second kappa shape index (κ2) is 8.77. The molecule has 152 valence electrons. The number of hydrogen-bond donors (Lipinski definition) is 2. The van der Waals surface area contributed by atoms with Crippen molar-refractivity contribution < 1.29 is 19.1 Å². The van der Waals surface area contributed by atoms with Crippen molar-refractivity contribution in [3.63, 3.8) is 0 Å². The molecular weight excluding hydrogens is 370 g/mol. The number of carbonyl (C=O) groups is 3. The van der Waals surface area contributed by atoms with Crippen LogP contribution in [-0.4, -0.2) is 37.6 Å². The Bertz CT molecular complexity index is 928. The Balaban J connectivity index is 1.87. The van der Waals surface area contributed by atoms with Crippen molar-refractivity contribution in [1.29, 1.82) is 0 Å². The van der Waals surface area contributed by atoms with Crippen LogP contribution in [0.1, 0.15) is 31.9 Å². The first-order chi connectivity index (χ1) is 13.9. The molecule has 0 saturated carbocycles. The molecule has 7 nitrogen and oxygen atoms in total. The van der Waals surface area contributed by atoms with Gasteiger partial charge in [0, 0.05) is 19.2 Å². The zero-order valence-electron chi connectivity index (χ0n) is 16.8. The summed E-state index contributed by atoms with van der Waals surface area (Å²) in [5, 5.41) is 5.31. The third kappa shape index (κ3) is 4.23. The smallest absolute Gasteiger partial charge is 0.407 e. The zero-order chi connectivity index (χ0) is 21.0. The van der Waals surface area contributed by atoms with E-state index in [0.717, 1.165) is 23.2 Å². The summed E-state index contributed by atoms with van der Waals surface area (Å²) in [7, 11) is 1.68. The molecule has 0 radical (unpaired) electrons. The van der Waals surface area contributed by atoms with E-state index in [9.17, 15) is 14.4 Å². The molecule has 0 aromatic heterocycles. The van der Waals surface area contributed by atoms with Crippen LogP contribution in [0.25, 0.3) is 11.1 Å². The highest BCUT2D eigenvalue weighted by atomic mass is 16.6. The molecule has 3 amide bonds. The van der Waals surface area contributed by atoms with Crippen molar-refractivity contribution in [3.8, 4) is 11.1 Å². The van der Waals surface area contributed by atoms with E-state index < -0.39 is 24.1 Å². The standard InChI is InChI=1S/C22H25N3O4/c1-4-13-23-22(28)29-14(2)20(26)24-19-17-11-6-5-9-15(17)16-10-7-8-12-18(16)25(3)21(19)27/h5-12,14,19H,4,13H2,1-3H3,(H,23,28)(H,24,26)/t14?,19-/m0/s1. The van der Waals surface area contributed by atoms with E-state index in [1.807, 2.05) is 55.5 Å². The van der Waals surface area contributed by atoms with Crippen molar-refractivity contribution in [2.45, 2.75) is 32.4 Å². The first kappa shape index (κ1) is 20.4. The van der Waals surface area contributed by atoms with Crippen LogP contribution in [0.2, 0.25) is 0 Å². The number of anilines is 1. The van der Waals surface area contributed by atoms with Gasteiger partial charge in [0.15, 0.2) is 6.10 Å². The molecule has 1 unspecified atom stereocenters. The van der Waals surface area contributed by atoms with E-state index in [4.69, 9.17) is 4.74 Å². The molecule has 2 atom stereocenters. The van der Waals surface area contributed by atoms with Gasteiger partial charge in [-0.3, -0.25) is 9.59 Å². The Hall–Kier alpha value is -3.35. The predicted octanol–water partition coefficient (Wildman–Crippen LogP) is 3.01. The number of nitrogens with one attached hydrogen (secondary N) is 2. The SMILES string of the molecule is CCCNC(=O)OC(C)C(=O)N[C@@H]1C(=O)N(C)c2ccccc2-c2ccccc21. The van der Waals surface area contributed by atoms with Crippen LogP contribution in [0.5, 0.6) is 0 Å². The molecule has 0 spiro atoms. The number of nitrogens with zero attached hydrogens (tertiary/aromatic N) is 1. The summed E-state index contributed by atoms with van der Waals surface area (Å²) in [6.45, 7) is 3.86. The Morgan fingerprint density at radius 2 is 1.76 bits per heavy atom. The minimum atomic E-state index is -1.04. The summed E-state index contributed by atoms with van der Waals surface area (Å²) in [6, 6.07) is 14.2. The molecule has 7 heteroatoms. The molecule has 1 aliphatic heterocycles. The number of para-hydroxylation sites is 1. The maximum Gasteiger partial charge on any atom is 0.407 e. The molecule has 3 rings (SSSR count). The molecule has 1 aliphatic rings. The Morgan fingerprint density at radius 3 is 2.48 bits per heavy atom. The molecular formula is C22H25N3O4. The summed E-state index contributed by atoms with van der Waals surface area (Å²) in [6.07, 6.45) is -0.940. The number of likely N-dealkylation sites (N-methyl/N-ethyl adjacent to an activating group) is 1. The minimum Gasteiger partial charge on any atom is -0.436 e. The number of fused-ring (bicyclic) bond motifs is 3. The van der Waals surface area contributed by atoms with Crippen LogP contribution in [0.4, 0.5) is 10.5 Å². The number of rotatable bonds is 5. The molecule has 0 bridgehead atoms. The van der Waals surface area contributed by atoms with Crippen LogP contribution < -0.4 is 15.5 Å². The van der Waals surface area contributed by atoms with Gasteiger partial charge in [-0.25, -0.2) is 4.79 Å². The van der Waals surface area contributed by atoms with Gasteiger partial charge in [0.05, 0.1) is 5.69 Å². The van der Waals surface area contributed by atoms with Crippen molar-refractivity contribution in [2.75, 3.05) is 18.5 Å². The van der Waals surface area contributed by atoms with Gasteiger partial charge < -0.3 is 20.3 Å². The lowest BCUT2D eigenvalue weighted by molar-refractivity contribution is -0.132. The lowest BCUT2D eigenvalue weighted by atomic mass is 9.95. The summed E-state index contributed by atoms with van der Waals surface area (Å²) in [5.74, 6) is -0.803. The van der Waals surface area contributed by atoms with Gasteiger partial charge in [-0.1, -0.05) is 49.4 Å². The number of ether oxygens (including phenoxy) is 1. The topological polar surface area (TPSA) is 87.7 Å². The average molecular weight is 395 g/mol. The largest absolute Gasteiger partial charge is 0.436 e. The average Bonchev–Trinajstić information content (AvgIpc) is 2.82. The highest BCUT2D eigenvalue weighted by molar-refractivity contribution is 6.06. The van der Waals surface area contributed by atoms with E-state index in [1.54, 1.807) is 11.9 Å². The second-order valence-corrected chi connectivity index (χ2v) is 6.92. The molecule has 2 aromatic rings. The van der Waals surface area contributed by atoms with E-state index in [0.29, 0.717) is 12.1 Å². The molecule has 1 heterocycles. The molecule has 2 aromatic carbocycles. The van der Waals surface area contributed by atoms with Crippen molar-refractivity contribution >= 4 is 23.6 Å². The minimum absolute atomic E-state index is 0.265. The van der Waals surface area contributed by atoms with Crippen LogP contribution in [-0.2, 0) is 14.3 Å². The van der Waals surface area contributed by atoms with Crippen LogP contribution >= 0.6 is 0 Å². The summed E-state index contributed by atoms with van der Waals surface area (Å²) in [4.78, 5) is 39.1. The van der Waals surface area contributed by atoms with Gasteiger partial charge >= 0.3 is 6.09 Å². The monoisotopic (exact) mass is 395 g/mol. The van der Waals surface area contributed by atoms with Crippen molar-refractivity contribution in [3.05, 3.63) is 54.1 Å². The summed E-state index contributed by atoms with van der Waals surface area (Å²) in [5.41, 5.74) is 3.26. The lowest BCUT2D eigenvalue weighted by Crippen LogP contribution is -2.45. The van der Waals surface area contributed by atoms with E-state index in [-0.39, 0.29) is 5.91 Å². The summed E-state index contributed by atoms with van der Waals surface area (Å²) < 4.78 is 5.11. The number of alkyl carbamates (subject to hydrolysis) is 1. The molecule has 2 N–H and O–H groups in total. The lowest BCUT2D eigenvalue weighted by Gasteiger charge is -2.24. The Labute approximate surface area is 170 Å². The van der Waals surface area contributed by atoms with Gasteiger partial charge in [0.2, 0.25) is 0 Å². The normalized spacial score (nSPS) is 16.2. The maximum absolute atomic E-state index is 13.2. The molecule has 0 aliphatic carbocycles. The van der Waals surface area contributed by atoms with Gasteiger partial charge in [-0.2, -0.15) is 0 Å². The van der Waals surface area contributed by atoms with Crippen molar-refractivity contribution in [2.24, 2.45) is 0 Å². The molecule has 29 heavy (non-hydrogen) atoms. The van der Waals surface area contributed by atoms with Crippen LogP contribution in [0, 0.1) is 0 Å².